The number of benzene rings is 1. The smallest absolute Gasteiger partial charge is 0.247 e. The van der Waals surface area contributed by atoms with E-state index in [2.05, 4.69) is 26.1 Å². The third kappa shape index (κ3) is 2.47. The first-order chi connectivity index (χ1) is 9.42. The molecule has 20 heavy (non-hydrogen) atoms. The van der Waals surface area contributed by atoms with Crippen LogP contribution in [0, 0.1) is 11.6 Å². The zero-order chi connectivity index (χ0) is 14.9. The van der Waals surface area contributed by atoms with E-state index in [1.807, 2.05) is 13.8 Å². The summed E-state index contributed by atoms with van der Waals surface area (Å²) in [5.41, 5.74) is 5.76. The van der Waals surface area contributed by atoms with Crippen molar-refractivity contribution in [3.63, 3.8) is 0 Å². The molecule has 0 radical (unpaired) electrons. The Hall–Kier alpha value is -1.34. The van der Waals surface area contributed by atoms with Crippen molar-refractivity contribution in [3.8, 4) is 11.4 Å². The Morgan fingerprint density at radius 3 is 2.55 bits per heavy atom. The SMILES string of the molecule is CCC(N)(CC)c1nc(-c2ccc(F)c(F)c2Br)no1. The fourth-order valence-electron chi connectivity index (χ4n) is 1.79. The lowest BCUT2D eigenvalue weighted by atomic mass is 9.94. The van der Waals surface area contributed by atoms with E-state index in [0.717, 1.165) is 6.07 Å². The van der Waals surface area contributed by atoms with Gasteiger partial charge in [0.05, 0.1) is 10.0 Å². The summed E-state index contributed by atoms with van der Waals surface area (Å²) in [5, 5.41) is 3.79. The second-order valence-corrected chi connectivity index (χ2v) is 5.30. The lowest BCUT2D eigenvalue weighted by molar-refractivity contribution is 0.268. The number of rotatable bonds is 4. The van der Waals surface area contributed by atoms with Gasteiger partial charge in [-0.05, 0) is 40.9 Å². The molecule has 0 atom stereocenters. The lowest BCUT2D eigenvalue weighted by Gasteiger charge is -2.20. The summed E-state index contributed by atoms with van der Waals surface area (Å²) in [4.78, 5) is 4.20. The molecule has 0 saturated heterocycles. The third-order valence-corrected chi connectivity index (χ3v) is 4.17. The standard InChI is InChI=1S/C13H14BrF2N3O/c1-3-13(17,4-2)12-18-11(19-20-12)7-5-6-8(15)10(16)9(7)14/h5-6H,3-4,17H2,1-2H3. The zero-order valence-corrected chi connectivity index (χ0v) is 12.7. The zero-order valence-electron chi connectivity index (χ0n) is 11.1. The Balaban J connectivity index is 2.47. The van der Waals surface area contributed by atoms with Gasteiger partial charge in [0.15, 0.2) is 11.6 Å². The molecular formula is C13H14BrF2N3O. The fourth-order valence-corrected chi connectivity index (χ4v) is 2.29. The van der Waals surface area contributed by atoms with Crippen molar-refractivity contribution in [2.45, 2.75) is 32.2 Å². The highest BCUT2D eigenvalue weighted by Gasteiger charge is 2.30. The van der Waals surface area contributed by atoms with Crippen molar-refractivity contribution in [2.24, 2.45) is 5.73 Å². The van der Waals surface area contributed by atoms with Crippen molar-refractivity contribution >= 4 is 15.9 Å². The number of nitrogens with zero attached hydrogens (tertiary/aromatic N) is 2. The molecule has 1 aromatic heterocycles. The van der Waals surface area contributed by atoms with Gasteiger partial charge in [-0.1, -0.05) is 19.0 Å². The van der Waals surface area contributed by atoms with Crippen molar-refractivity contribution in [2.75, 3.05) is 0 Å². The van der Waals surface area contributed by atoms with E-state index in [1.54, 1.807) is 0 Å². The van der Waals surface area contributed by atoms with Gasteiger partial charge < -0.3 is 10.3 Å². The van der Waals surface area contributed by atoms with E-state index in [9.17, 15) is 8.78 Å². The molecule has 1 heterocycles. The molecule has 0 aliphatic rings. The molecule has 0 aliphatic heterocycles. The maximum Gasteiger partial charge on any atom is 0.247 e. The highest BCUT2D eigenvalue weighted by molar-refractivity contribution is 9.10. The highest BCUT2D eigenvalue weighted by atomic mass is 79.9. The van der Waals surface area contributed by atoms with Crippen LogP contribution in [0.25, 0.3) is 11.4 Å². The Labute approximate surface area is 123 Å². The average molecular weight is 346 g/mol. The molecule has 108 valence electrons. The summed E-state index contributed by atoms with van der Waals surface area (Å²) in [6, 6.07) is 2.40. The predicted octanol–water partition coefficient (Wildman–Crippen LogP) is 3.75. The second-order valence-electron chi connectivity index (χ2n) is 4.51. The van der Waals surface area contributed by atoms with Gasteiger partial charge in [0.1, 0.15) is 0 Å². The molecule has 0 unspecified atom stereocenters. The summed E-state index contributed by atoms with van der Waals surface area (Å²) >= 11 is 2.99. The number of aromatic nitrogens is 2. The van der Waals surface area contributed by atoms with Crippen LogP contribution < -0.4 is 5.73 Å². The molecular weight excluding hydrogens is 332 g/mol. The fraction of sp³-hybridized carbons (Fsp3) is 0.385. The predicted molar refractivity (Wildman–Crippen MR) is 73.8 cm³/mol. The Morgan fingerprint density at radius 2 is 1.95 bits per heavy atom. The molecule has 0 bridgehead atoms. The normalized spacial score (nSPS) is 11.9. The van der Waals surface area contributed by atoms with Crippen molar-refractivity contribution < 1.29 is 13.3 Å². The maximum absolute atomic E-state index is 13.5. The summed E-state index contributed by atoms with van der Waals surface area (Å²) in [7, 11) is 0. The van der Waals surface area contributed by atoms with Gasteiger partial charge >= 0.3 is 0 Å². The van der Waals surface area contributed by atoms with Crippen molar-refractivity contribution in [1.82, 2.24) is 10.1 Å². The van der Waals surface area contributed by atoms with Gasteiger partial charge in [0.2, 0.25) is 11.7 Å². The Kier molecular flexibility index (Phi) is 4.19. The van der Waals surface area contributed by atoms with Crippen LogP contribution in [0.4, 0.5) is 8.78 Å². The topological polar surface area (TPSA) is 64.9 Å². The minimum atomic E-state index is -0.987. The molecule has 1 aromatic carbocycles. The van der Waals surface area contributed by atoms with E-state index >= 15 is 0 Å². The maximum atomic E-state index is 13.5. The van der Waals surface area contributed by atoms with Gasteiger partial charge in [-0.2, -0.15) is 4.98 Å². The molecule has 2 N–H and O–H groups in total. The van der Waals surface area contributed by atoms with Gasteiger partial charge in [0, 0.05) is 5.56 Å². The third-order valence-electron chi connectivity index (χ3n) is 3.39. The number of halogens is 3. The lowest BCUT2D eigenvalue weighted by Crippen LogP contribution is -2.35. The summed E-state index contributed by atoms with van der Waals surface area (Å²) in [6.07, 6.45) is 1.26. The van der Waals surface area contributed by atoms with Crippen molar-refractivity contribution in [3.05, 3.63) is 34.1 Å². The van der Waals surface area contributed by atoms with Crippen LogP contribution in [0.15, 0.2) is 21.1 Å². The van der Waals surface area contributed by atoms with Crippen LogP contribution in [-0.2, 0) is 5.54 Å². The van der Waals surface area contributed by atoms with Gasteiger partial charge in [0.25, 0.3) is 0 Å². The Morgan fingerprint density at radius 1 is 1.30 bits per heavy atom. The summed E-state index contributed by atoms with van der Waals surface area (Å²) in [5.74, 6) is -1.48. The molecule has 4 nitrogen and oxygen atoms in total. The van der Waals surface area contributed by atoms with Crippen molar-refractivity contribution in [1.29, 1.82) is 0 Å². The molecule has 2 rings (SSSR count). The van der Waals surface area contributed by atoms with E-state index in [-0.39, 0.29) is 16.2 Å². The van der Waals surface area contributed by atoms with Gasteiger partial charge in [-0.15, -0.1) is 0 Å². The minimum absolute atomic E-state index is 0.0412. The van der Waals surface area contributed by atoms with E-state index in [4.69, 9.17) is 10.3 Å². The van der Waals surface area contributed by atoms with Crippen LogP contribution in [0.2, 0.25) is 0 Å². The van der Waals surface area contributed by atoms with Gasteiger partial charge in [-0.25, -0.2) is 8.78 Å². The highest BCUT2D eigenvalue weighted by Crippen LogP contribution is 2.32. The van der Waals surface area contributed by atoms with Gasteiger partial charge in [-0.3, -0.25) is 0 Å². The first-order valence-electron chi connectivity index (χ1n) is 6.20. The van der Waals surface area contributed by atoms with Crippen LogP contribution in [0.1, 0.15) is 32.6 Å². The first kappa shape index (κ1) is 15.1. The first-order valence-corrected chi connectivity index (χ1v) is 6.99. The molecule has 7 heteroatoms. The minimum Gasteiger partial charge on any atom is -0.337 e. The molecule has 0 saturated carbocycles. The van der Waals surface area contributed by atoms with E-state index in [1.165, 1.54) is 6.07 Å². The molecule has 0 amide bonds. The number of hydrogen-bond acceptors (Lipinski definition) is 4. The number of nitrogens with two attached hydrogens (primary N) is 1. The molecule has 2 aromatic rings. The quantitative estimate of drug-likeness (QED) is 0.857. The molecule has 0 fully saturated rings. The average Bonchev–Trinajstić information content (AvgIpc) is 2.94. The monoisotopic (exact) mass is 345 g/mol. The summed E-state index contributed by atoms with van der Waals surface area (Å²) in [6.45, 7) is 3.84. The summed E-state index contributed by atoms with van der Waals surface area (Å²) < 4.78 is 31.7. The van der Waals surface area contributed by atoms with Crippen LogP contribution >= 0.6 is 15.9 Å². The van der Waals surface area contributed by atoms with Crippen LogP contribution in [0.3, 0.4) is 0 Å². The van der Waals surface area contributed by atoms with Crippen LogP contribution in [0.5, 0.6) is 0 Å². The molecule has 0 spiro atoms. The van der Waals surface area contributed by atoms with E-state index < -0.39 is 17.2 Å². The molecule has 0 aliphatic carbocycles. The number of hydrogen-bond donors (Lipinski definition) is 1. The Bertz CT molecular complexity index is 626. The largest absolute Gasteiger partial charge is 0.337 e. The van der Waals surface area contributed by atoms with Crippen LogP contribution in [-0.4, -0.2) is 10.1 Å². The van der Waals surface area contributed by atoms with E-state index in [0.29, 0.717) is 18.4 Å². The second kappa shape index (κ2) is 5.57.